The second-order valence-corrected chi connectivity index (χ2v) is 7.15. The van der Waals surface area contributed by atoms with Crippen LogP contribution in [0.1, 0.15) is 17.3 Å². The highest BCUT2D eigenvalue weighted by Gasteiger charge is 2.11. The number of nitrogens with zero attached hydrogens (tertiary/aromatic N) is 2. The summed E-state index contributed by atoms with van der Waals surface area (Å²) in [6.07, 6.45) is 0. The van der Waals surface area contributed by atoms with Crippen molar-refractivity contribution in [1.82, 2.24) is 4.57 Å². The van der Waals surface area contributed by atoms with Gasteiger partial charge in [-0.25, -0.2) is 0 Å². The molecule has 27 heavy (non-hydrogen) atoms. The number of amides is 1. The number of thiazole rings is 1. The van der Waals surface area contributed by atoms with Gasteiger partial charge in [-0.2, -0.15) is 4.99 Å². The summed E-state index contributed by atoms with van der Waals surface area (Å²) < 4.78 is 8.69. The SMILES string of the molecule is CCOCCn1c(=NC(=O)c2cccc3ccccc23)sc2ccccc21. The van der Waals surface area contributed by atoms with Gasteiger partial charge in [0.2, 0.25) is 0 Å². The van der Waals surface area contributed by atoms with Crippen LogP contribution in [0.3, 0.4) is 0 Å². The minimum Gasteiger partial charge on any atom is -0.380 e. The van der Waals surface area contributed by atoms with Gasteiger partial charge < -0.3 is 9.30 Å². The van der Waals surface area contributed by atoms with Crippen LogP contribution in [0.4, 0.5) is 0 Å². The summed E-state index contributed by atoms with van der Waals surface area (Å²) in [5.41, 5.74) is 1.70. The summed E-state index contributed by atoms with van der Waals surface area (Å²) in [4.78, 5) is 18.2. The number of hydrogen-bond donors (Lipinski definition) is 0. The Morgan fingerprint density at radius 1 is 1.04 bits per heavy atom. The van der Waals surface area contributed by atoms with E-state index in [2.05, 4.69) is 21.7 Å². The van der Waals surface area contributed by atoms with Crippen LogP contribution >= 0.6 is 11.3 Å². The van der Waals surface area contributed by atoms with E-state index in [0.29, 0.717) is 30.1 Å². The molecule has 0 bridgehead atoms. The van der Waals surface area contributed by atoms with E-state index in [1.807, 2.05) is 61.5 Å². The van der Waals surface area contributed by atoms with Crippen LogP contribution in [-0.4, -0.2) is 23.7 Å². The molecule has 0 N–H and O–H groups in total. The van der Waals surface area contributed by atoms with Gasteiger partial charge in [0.15, 0.2) is 4.80 Å². The Labute approximate surface area is 161 Å². The first kappa shape index (κ1) is 17.6. The third-order valence-corrected chi connectivity index (χ3v) is 5.53. The molecule has 4 nitrogen and oxygen atoms in total. The zero-order chi connectivity index (χ0) is 18.6. The van der Waals surface area contributed by atoms with Gasteiger partial charge in [-0.1, -0.05) is 59.9 Å². The molecule has 0 unspecified atom stereocenters. The second kappa shape index (κ2) is 7.86. The van der Waals surface area contributed by atoms with E-state index in [1.54, 1.807) is 0 Å². The maximum atomic E-state index is 13.0. The molecule has 0 atom stereocenters. The van der Waals surface area contributed by atoms with Gasteiger partial charge in [0.25, 0.3) is 5.91 Å². The summed E-state index contributed by atoms with van der Waals surface area (Å²) in [6.45, 7) is 3.90. The van der Waals surface area contributed by atoms with Crippen molar-refractivity contribution >= 4 is 38.2 Å². The van der Waals surface area contributed by atoms with Crippen molar-refractivity contribution in [2.45, 2.75) is 13.5 Å². The molecular weight excluding hydrogens is 356 g/mol. The van der Waals surface area contributed by atoms with E-state index in [-0.39, 0.29) is 5.91 Å². The topological polar surface area (TPSA) is 43.6 Å². The molecule has 3 aromatic carbocycles. The molecule has 0 aliphatic carbocycles. The summed E-state index contributed by atoms with van der Waals surface area (Å²) in [7, 11) is 0. The molecule has 4 aromatic rings. The summed E-state index contributed by atoms with van der Waals surface area (Å²) in [5, 5.41) is 1.97. The fourth-order valence-electron chi connectivity index (χ4n) is 3.18. The van der Waals surface area contributed by atoms with Crippen LogP contribution < -0.4 is 4.80 Å². The van der Waals surface area contributed by atoms with Crippen LogP contribution in [0, 0.1) is 0 Å². The third kappa shape index (κ3) is 3.56. The molecule has 4 rings (SSSR count). The molecule has 5 heteroatoms. The van der Waals surface area contributed by atoms with Crippen LogP contribution in [0.25, 0.3) is 21.0 Å². The molecule has 0 fully saturated rings. The lowest BCUT2D eigenvalue weighted by atomic mass is 10.0. The quantitative estimate of drug-likeness (QED) is 0.477. The number of ether oxygens (including phenoxy) is 1. The monoisotopic (exact) mass is 376 g/mol. The normalized spacial score (nSPS) is 12.1. The van der Waals surface area contributed by atoms with Crippen molar-refractivity contribution in [3.63, 3.8) is 0 Å². The fourth-order valence-corrected chi connectivity index (χ4v) is 4.24. The molecule has 0 aliphatic rings. The van der Waals surface area contributed by atoms with E-state index in [1.165, 1.54) is 11.3 Å². The van der Waals surface area contributed by atoms with Gasteiger partial charge in [-0.05, 0) is 35.9 Å². The maximum Gasteiger partial charge on any atom is 0.280 e. The van der Waals surface area contributed by atoms with Gasteiger partial charge in [0, 0.05) is 18.7 Å². The summed E-state index contributed by atoms with van der Waals surface area (Å²) >= 11 is 1.53. The molecular formula is C22H20N2O2S. The number of rotatable bonds is 5. The first-order valence-corrected chi connectivity index (χ1v) is 9.82. The molecule has 0 spiro atoms. The highest BCUT2D eigenvalue weighted by atomic mass is 32.1. The van der Waals surface area contributed by atoms with Crippen molar-refractivity contribution in [2.24, 2.45) is 4.99 Å². The number of benzene rings is 3. The van der Waals surface area contributed by atoms with Crippen LogP contribution in [0.15, 0.2) is 71.7 Å². The minimum atomic E-state index is -0.219. The van der Waals surface area contributed by atoms with E-state index in [9.17, 15) is 4.79 Å². The smallest absolute Gasteiger partial charge is 0.280 e. The molecule has 1 amide bonds. The first-order chi connectivity index (χ1) is 13.3. The maximum absolute atomic E-state index is 13.0. The Bertz CT molecular complexity index is 1170. The highest BCUT2D eigenvalue weighted by molar-refractivity contribution is 7.16. The van der Waals surface area contributed by atoms with Crippen LogP contribution in [0.2, 0.25) is 0 Å². The van der Waals surface area contributed by atoms with E-state index in [4.69, 9.17) is 4.74 Å². The Hall–Kier alpha value is -2.76. The van der Waals surface area contributed by atoms with Gasteiger partial charge in [-0.3, -0.25) is 4.79 Å². The Morgan fingerprint density at radius 3 is 2.70 bits per heavy atom. The molecule has 1 heterocycles. The first-order valence-electron chi connectivity index (χ1n) is 9.01. The van der Waals surface area contributed by atoms with Crippen molar-refractivity contribution in [2.75, 3.05) is 13.2 Å². The number of hydrogen-bond acceptors (Lipinski definition) is 3. The molecule has 0 saturated carbocycles. The summed E-state index contributed by atoms with van der Waals surface area (Å²) in [5.74, 6) is -0.219. The molecule has 0 saturated heterocycles. The fraction of sp³-hybridized carbons (Fsp3) is 0.182. The van der Waals surface area contributed by atoms with Gasteiger partial charge in [0.1, 0.15) is 0 Å². The van der Waals surface area contributed by atoms with Crippen molar-refractivity contribution < 1.29 is 9.53 Å². The lowest BCUT2D eigenvalue weighted by Crippen LogP contribution is -2.19. The van der Waals surface area contributed by atoms with Gasteiger partial charge in [-0.15, -0.1) is 0 Å². The van der Waals surface area contributed by atoms with Crippen LogP contribution in [-0.2, 0) is 11.3 Å². The van der Waals surface area contributed by atoms with Crippen molar-refractivity contribution in [1.29, 1.82) is 0 Å². The Morgan fingerprint density at radius 2 is 1.81 bits per heavy atom. The predicted octanol–water partition coefficient (Wildman–Crippen LogP) is 4.63. The average Bonchev–Trinajstić information content (AvgIpc) is 3.05. The van der Waals surface area contributed by atoms with Crippen molar-refractivity contribution in [3.8, 4) is 0 Å². The number of carbonyl (C=O) groups is 1. The largest absolute Gasteiger partial charge is 0.380 e. The Balaban J connectivity index is 1.81. The lowest BCUT2D eigenvalue weighted by Gasteiger charge is -2.06. The molecule has 1 aromatic heterocycles. The standard InChI is InChI=1S/C22H20N2O2S/c1-2-26-15-14-24-19-12-5-6-13-20(19)27-22(24)23-21(25)18-11-7-9-16-8-3-4-10-17(16)18/h3-13H,2,14-15H2,1H3. The number of carbonyl (C=O) groups excluding carboxylic acids is 1. The van der Waals surface area contributed by atoms with Gasteiger partial charge in [0.05, 0.1) is 16.8 Å². The number of fused-ring (bicyclic) bond motifs is 2. The van der Waals surface area contributed by atoms with Crippen LogP contribution in [0.5, 0.6) is 0 Å². The summed E-state index contributed by atoms with van der Waals surface area (Å²) in [6, 6.07) is 21.8. The zero-order valence-electron chi connectivity index (χ0n) is 15.1. The van der Waals surface area contributed by atoms with E-state index >= 15 is 0 Å². The minimum absolute atomic E-state index is 0.219. The average molecular weight is 376 g/mol. The van der Waals surface area contributed by atoms with Crippen molar-refractivity contribution in [3.05, 3.63) is 77.1 Å². The Kier molecular flexibility index (Phi) is 5.14. The number of para-hydroxylation sites is 1. The van der Waals surface area contributed by atoms with E-state index in [0.717, 1.165) is 21.0 Å². The molecule has 0 aliphatic heterocycles. The molecule has 136 valence electrons. The number of aromatic nitrogens is 1. The third-order valence-electron chi connectivity index (χ3n) is 4.47. The lowest BCUT2D eigenvalue weighted by molar-refractivity contribution is 0.0998. The second-order valence-electron chi connectivity index (χ2n) is 6.14. The predicted molar refractivity (Wildman–Crippen MR) is 110 cm³/mol. The zero-order valence-corrected chi connectivity index (χ0v) is 15.9. The van der Waals surface area contributed by atoms with Gasteiger partial charge >= 0.3 is 0 Å². The molecule has 0 radical (unpaired) electrons. The highest BCUT2D eigenvalue weighted by Crippen LogP contribution is 2.20. The van der Waals surface area contributed by atoms with E-state index < -0.39 is 0 Å².